The van der Waals surface area contributed by atoms with E-state index in [1.165, 1.54) is 24.8 Å². The zero-order valence-corrected chi connectivity index (χ0v) is 17.5. The zero-order valence-electron chi connectivity index (χ0n) is 17.5. The maximum Gasteiger partial charge on any atom is 0.141 e. The van der Waals surface area contributed by atoms with Crippen molar-refractivity contribution in [2.24, 2.45) is 5.92 Å². The predicted molar refractivity (Wildman–Crippen MR) is 117 cm³/mol. The largest absolute Gasteiger partial charge is 0.346 e. The summed E-state index contributed by atoms with van der Waals surface area (Å²) in [5, 5.41) is 13.8. The number of H-pyrrole nitrogens is 1. The Morgan fingerprint density at radius 2 is 1.90 bits per heavy atom. The molecule has 0 aliphatic heterocycles. The molecule has 0 saturated heterocycles. The molecular weight excluding hydrogens is 391 g/mol. The predicted octanol–water partition coefficient (Wildman–Crippen LogP) is 4.69. The van der Waals surface area contributed by atoms with Crippen molar-refractivity contribution in [3.8, 4) is 0 Å². The molecule has 3 aromatic heterocycles. The first-order chi connectivity index (χ1) is 15.2. The Labute approximate surface area is 180 Å². The number of nitrogens with zero attached hydrogens (tertiary/aromatic N) is 4. The van der Waals surface area contributed by atoms with Crippen LogP contribution < -0.4 is 5.32 Å². The normalized spacial score (nSPS) is 23.3. The van der Waals surface area contributed by atoms with Crippen molar-refractivity contribution in [3.63, 3.8) is 0 Å². The highest BCUT2D eigenvalue weighted by Crippen LogP contribution is 2.42. The Balaban J connectivity index is 1.13. The van der Waals surface area contributed by atoms with Gasteiger partial charge in [0, 0.05) is 23.0 Å². The van der Waals surface area contributed by atoms with Gasteiger partial charge in [-0.1, -0.05) is 17.3 Å². The summed E-state index contributed by atoms with van der Waals surface area (Å²) in [6.07, 6.45) is 11.8. The Kier molecular flexibility index (Phi) is 4.52. The number of hydrogen-bond donors (Lipinski definition) is 2. The van der Waals surface area contributed by atoms with Crippen molar-refractivity contribution in [3.05, 3.63) is 59.9 Å². The number of halogens is 1. The van der Waals surface area contributed by atoms with Crippen LogP contribution in [0.25, 0.3) is 16.6 Å². The van der Waals surface area contributed by atoms with Gasteiger partial charge < -0.3 is 10.3 Å². The summed E-state index contributed by atoms with van der Waals surface area (Å²) < 4.78 is 15.2. The average Bonchev–Trinajstić information content (AvgIpc) is 3.41. The van der Waals surface area contributed by atoms with Gasteiger partial charge in [-0.25, -0.2) is 13.9 Å². The molecule has 4 aromatic rings. The Morgan fingerprint density at radius 3 is 2.65 bits per heavy atom. The molecule has 2 aliphatic carbocycles. The van der Waals surface area contributed by atoms with Crippen molar-refractivity contribution in [1.82, 2.24) is 30.1 Å². The third kappa shape index (κ3) is 3.22. The number of fused-ring (bicyclic) bond motifs is 3. The number of rotatable bonds is 5. The van der Waals surface area contributed by atoms with Crippen LogP contribution in [0.3, 0.4) is 0 Å². The van der Waals surface area contributed by atoms with Gasteiger partial charge in [-0.3, -0.25) is 0 Å². The minimum Gasteiger partial charge on any atom is -0.346 e. The van der Waals surface area contributed by atoms with Gasteiger partial charge in [-0.15, -0.1) is 5.10 Å². The van der Waals surface area contributed by atoms with Crippen LogP contribution in [0, 0.1) is 11.7 Å². The molecular formula is C24H27FN6. The van der Waals surface area contributed by atoms with Crippen LogP contribution in [0.15, 0.2) is 42.9 Å². The summed E-state index contributed by atoms with van der Waals surface area (Å²) >= 11 is 0. The molecule has 7 heteroatoms. The molecule has 2 fully saturated rings. The summed E-state index contributed by atoms with van der Waals surface area (Å²) in [5.74, 6) is 0.958. The first-order valence-corrected chi connectivity index (χ1v) is 11.4. The number of benzene rings is 1. The van der Waals surface area contributed by atoms with Crippen LogP contribution in [-0.2, 0) is 5.54 Å². The monoisotopic (exact) mass is 418 g/mol. The quantitative estimate of drug-likeness (QED) is 0.493. The SMILES string of the molecule is Fc1ccc(C2(NC[C@H]3CC[C@H](c4nnn5cnc6[nH]ccc6c45)CC3)CCC2)cc1. The molecule has 3 heterocycles. The van der Waals surface area contributed by atoms with Gasteiger partial charge in [-0.2, -0.15) is 0 Å². The fourth-order valence-electron chi connectivity index (χ4n) is 5.54. The summed E-state index contributed by atoms with van der Waals surface area (Å²) in [5.41, 5.74) is 4.37. The van der Waals surface area contributed by atoms with Crippen LogP contribution >= 0.6 is 0 Å². The third-order valence-electron chi connectivity index (χ3n) is 7.56. The third-order valence-corrected chi connectivity index (χ3v) is 7.56. The van der Waals surface area contributed by atoms with Gasteiger partial charge in [-0.05, 0) is 81.2 Å². The summed E-state index contributed by atoms with van der Waals surface area (Å²) in [7, 11) is 0. The molecule has 6 nitrogen and oxygen atoms in total. The molecule has 0 unspecified atom stereocenters. The second kappa shape index (κ2) is 7.41. The van der Waals surface area contributed by atoms with Crippen molar-refractivity contribution in [1.29, 1.82) is 0 Å². The molecule has 2 aliphatic rings. The lowest BCUT2D eigenvalue weighted by atomic mass is 9.71. The van der Waals surface area contributed by atoms with Gasteiger partial charge in [0.2, 0.25) is 0 Å². The van der Waals surface area contributed by atoms with Crippen LogP contribution in [-0.4, -0.2) is 31.3 Å². The molecule has 2 N–H and O–H groups in total. The topological polar surface area (TPSA) is 70.9 Å². The Morgan fingerprint density at radius 1 is 1.10 bits per heavy atom. The Hall–Kier alpha value is -2.80. The number of hydrogen-bond acceptors (Lipinski definition) is 4. The van der Waals surface area contributed by atoms with Crippen molar-refractivity contribution < 1.29 is 4.39 Å². The molecule has 31 heavy (non-hydrogen) atoms. The van der Waals surface area contributed by atoms with Gasteiger partial charge in [0.15, 0.2) is 0 Å². The average molecular weight is 419 g/mol. The van der Waals surface area contributed by atoms with Gasteiger partial charge >= 0.3 is 0 Å². The van der Waals surface area contributed by atoms with Gasteiger partial charge in [0.1, 0.15) is 23.3 Å². The molecule has 0 bridgehead atoms. The highest BCUT2D eigenvalue weighted by Gasteiger charge is 2.39. The molecule has 6 rings (SSSR count). The van der Waals surface area contributed by atoms with E-state index in [1.807, 2.05) is 22.8 Å². The molecule has 0 radical (unpaired) electrons. The first-order valence-electron chi connectivity index (χ1n) is 11.4. The zero-order chi connectivity index (χ0) is 20.8. The Bertz CT molecular complexity index is 1200. The molecule has 0 spiro atoms. The second-order valence-corrected chi connectivity index (χ2v) is 9.29. The van der Waals surface area contributed by atoms with E-state index < -0.39 is 0 Å². The van der Waals surface area contributed by atoms with Crippen LogP contribution in [0.5, 0.6) is 0 Å². The van der Waals surface area contributed by atoms with Gasteiger partial charge in [0.05, 0.1) is 5.69 Å². The summed E-state index contributed by atoms with van der Waals surface area (Å²) in [6, 6.07) is 9.14. The highest BCUT2D eigenvalue weighted by atomic mass is 19.1. The van der Waals surface area contributed by atoms with E-state index >= 15 is 0 Å². The lowest BCUT2D eigenvalue weighted by Crippen LogP contribution is -2.49. The van der Waals surface area contributed by atoms with Crippen molar-refractivity contribution >= 4 is 16.6 Å². The van der Waals surface area contributed by atoms with E-state index in [-0.39, 0.29) is 11.4 Å². The van der Waals surface area contributed by atoms with E-state index in [0.717, 1.165) is 54.5 Å². The summed E-state index contributed by atoms with van der Waals surface area (Å²) in [4.78, 5) is 7.59. The lowest BCUT2D eigenvalue weighted by molar-refractivity contribution is 0.165. The van der Waals surface area contributed by atoms with Gasteiger partial charge in [0.25, 0.3) is 0 Å². The molecule has 0 amide bonds. The number of aromatic amines is 1. The lowest BCUT2D eigenvalue weighted by Gasteiger charge is -2.44. The first kappa shape index (κ1) is 18.9. The van der Waals surface area contributed by atoms with E-state index in [1.54, 1.807) is 18.5 Å². The van der Waals surface area contributed by atoms with E-state index in [4.69, 9.17) is 0 Å². The minimum absolute atomic E-state index is 0.0431. The molecule has 1 aromatic carbocycles. The van der Waals surface area contributed by atoms with Crippen LogP contribution in [0.2, 0.25) is 0 Å². The van der Waals surface area contributed by atoms with E-state index in [2.05, 4.69) is 31.7 Å². The highest BCUT2D eigenvalue weighted by molar-refractivity contribution is 5.92. The smallest absolute Gasteiger partial charge is 0.141 e. The van der Waals surface area contributed by atoms with Crippen LogP contribution in [0.1, 0.15) is 62.1 Å². The number of aromatic nitrogens is 5. The van der Waals surface area contributed by atoms with Crippen LogP contribution in [0.4, 0.5) is 4.39 Å². The fraction of sp³-hybridized carbons (Fsp3) is 0.458. The van der Waals surface area contributed by atoms with E-state index in [9.17, 15) is 4.39 Å². The maximum absolute atomic E-state index is 13.4. The number of nitrogens with one attached hydrogen (secondary N) is 2. The maximum atomic E-state index is 13.4. The molecule has 160 valence electrons. The molecule has 0 atom stereocenters. The van der Waals surface area contributed by atoms with E-state index in [0.29, 0.717) is 11.8 Å². The van der Waals surface area contributed by atoms with Crippen molar-refractivity contribution in [2.45, 2.75) is 56.4 Å². The summed E-state index contributed by atoms with van der Waals surface area (Å²) in [6.45, 7) is 1.03. The second-order valence-electron chi connectivity index (χ2n) is 9.29. The standard InChI is InChI=1S/C24H27FN6/c25-19-8-6-18(7-9-19)24(11-1-12-24)28-14-16-2-4-17(5-3-16)21-22-20-10-13-26-23(20)27-15-31(22)30-29-21/h6-10,13,15-17,26,28H,1-5,11-12,14H2/t16-,17-. The minimum atomic E-state index is -0.162. The fourth-order valence-corrected chi connectivity index (χ4v) is 5.54. The molecule has 2 saturated carbocycles. The van der Waals surface area contributed by atoms with Crippen molar-refractivity contribution in [2.75, 3.05) is 6.54 Å².